The van der Waals surface area contributed by atoms with Gasteiger partial charge in [-0.05, 0) is 25.2 Å². The summed E-state index contributed by atoms with van der Waals surface area (Å²) in [6.07, 6.45) is 3.41. The topological polar surface area (TPSA) is 32.7 Å². The molecule has 0 aliphatic carbocycles. The van der Waals surface area contributed by atoms with E-state index in [0.29, 0.717) is 12.0 Å². The first-order valence-electron chi connectivity index (χ1n) is 7.08. The zero-order valence-electron chi connectivity index (χ0n) is 12.1. The second kappa shape index (κ2) is 11.0. The van der Waals surface area contributed by atoms with E-state index in [1.807, 2.05) is 0 Å². The summed E-state index contributed by atoms with van der Waals surface area (Å²) in [6.45, 7) is 12.4. The van der Waals surface area contributed by atoms with E-state index in [2.05, 4.69) is 32.6 Å². The summed E-state index contributed by atoms with van der Waals surface area (Å²) >= 11 is 0. The van der Waals surface area contributed by atoms with Gasteiger partial charge in [-0.2, -0.15) is 0 Å². The summed E-state index contributed by atoms with van der Waals surface area (Å²) in [5, 5.41) is 9.07. The molecule has 104 valence electrons. The molecular formula is C14H31NO2. The molecule has 0 bridgehead atoms. The van der Waals surface area contributed by atoms with Gasteiger partial charge in [0.1, 0.15) is 0 Å². The van der Waals surface area contributed by atoms with Crippen LogP contribution in [0.25, 0.3) is 0 Å². The summed E-state index contributed by atoms with van der Waals surface area (Å²) in [5.74, 6) is 0.711. The Morgan fingerprint density at radius 1 is 1.06 bits per heavy atom. The van der Waals surface area contributed by atoms with E-state index in [9.17, 15) is 0 Å². The molecule has 0 unspecified atom stereocenters. The number of nitrogens with zero attached hydrogens (tertiary/aromatic N) is 1. The van der Waals surface area contributed by atoms with Gasteiger partial charge in [0.05, 0.1) is 13.2 Å². The molecule has 0 radical (unpaired) electrons. The lowest BCUT2D eigenvalue weighted by Gasteiger charge is -2.29. The molecule has 3 heteroatoms. The number of rotatable bonds is 11. The van der Waals surface area contributed by atoms with Crippen molar-refractivity contribution in [2.75, 3.05) is 32.9 Å². The highest BCUT2D eigenvalue weighted by molar-refractivity contribution is 4.68. The largest absolute Gasteiger partial charge is 0.395 e. The first-order chi connectivity index (χ1) is 8.15. The third-order valence-corrected chi connectivity index (χ3v) is 3.21. The van der Waals surface area contributed by atoms with Crippen LogP contribution >= 0.6 is 0 Å². The van der Waals surface area contributed by atoms with Crippen LogP contribution in [0.1, 0.15) is 47.0 Å². The molecule has 0 saturated carbocycles. The van der Waals surface area contributed by atoms with Gasteiger partial charge in [-0.15, -0.1) is 0 Å². The first-order valence-corrected chi connectivity index (χ1v) is 7.08. The van der Waals surface area contributed by atoms with Crippen molar-refractivity contribution in [3.8, 4) is 0 Å². The molecule has 0 atom stereocenters. The number of hydrogen-bond donors (Lipinski definition) is 1. The van der Waals surface area contributed by atoms with Gasteiger partial charge in [-0.1, -0.05) is 27.7 Å². The van der Waals surface area contributed by atoms with Crippen LogP contribution in [-0.2, 0) is 4.74 Å². The molecule has 17 heavy (non-hydrogen) atoms. The van der Waals surface area contributed by atoms with Crippen molar-refractivity contribution < 1.29 is 9.84 Å². The molecule has 1 N–H and O–H groups in total. The van der Waals surface area contributed by atoms with E-state index >= 15 is 0 Å². The van der Waals surface area contributed by atoms with Gasteiger partial charge in [0.15, 0.2) is 0 Å². The average Bonchev–Trinajstić information content (AvgIpc) is 2.29. The fourth-order valence-corrected chi connectivity index (χ4v) is 2.01. The lowest BCUT2D eigenvalue weighted by atomic mass is 10.1. The first kappa shape index (κ1) is 16.9. The molecule has 0 heterocycles. The number of ether oxygens (including phenoxy) is 1. The van der Waals surface area contributed by atoms with Crippen molar-refractivity contribution in [1.82, 2.24) is 4.90 Å². The summed E-state index contributed by atoms with van der Waals surface area (Å²) in [5.41, 5.74) is 0. The highest BCUT2D eigenvalue weighted by Crippen LogP contribution is 2.08. The molecule has 3 nitrogen and oxygen atoms in total. The van der Waals surface area contributed by atoms with E-state index in [1.54, 1.807) is 0 Å². The Labute approximate surface area is 107 Å². The maximum atomic E-state index is 9.07. The van der Waals surface area contributed by atoms with Gasteiger partial charge in [0, 0.05) is 25.7 Å². The van der Waals surface area contributed by atoms with E-state index in [-0.39, 0.29) is 6.61 Å². The van der Waals surface area contributed by atoms with Crippen molar-refractivity contribution in [2.24, 2.45) is 5.92 Å². The van der Waals surface area contributed by atoms with Gasteiger partial charge in [0.2, 0.25) is 0 Å². The van der Waals surface area contributed by atoms with Gasteiger partial charge < -0.3 is 9.84 Å². The van der Waals surface area contributed by atoms with Crippen molar-refractivity contribution in [2.45, 2.75) is 53.0 Å². The molecule has 0 fully saturated rings. The van der Waals surface area contributed by atoms with Crippen LogP contribution in [0.3, 0.4) is 0 Å². The quantitative estimate of drug-likeness (QED) is 0.568. The molecule has 0 aromatic rings. The van der Waals surface area contributed by atoms with E-state index in [4.69, 9.17) is 9.84 Å². The molecule has 0 aromatic carbocycles. The maximum Gasteiger partial charge on any atom is 0.0593 e. The van der Waals surface area contributed by atoms with Crippen molar-refractivity contribution >= 4 is 0 Å². The zero-order chi connectivity index (χ0) is 13.1. The van der Waals surface area contributed by atoms with Crippen LogP contribution in [0.2, 0.25) is 0 Å². The number of hydrogen-bond acceptors (Lipinski definition) is 3. The zero-order valence-corrected chi connectivity index (χ0v) is 12.1. The lowest BCUT2D eigenvalue weighted by Crippen LogP contribution is -2.39. The Balaban J connectivity index is 3.76. The van der Waals surface area contributed by atoms with E-state index < -0.39 is 0 Å². The normalized spacial score (nSPS) is 12.0. The number of aliphatic hydroxyl groups excluding tert-OH is 1. The second-order valence-electron chi connectivity index (χ2n) is 5.02. The minimum atomic E-state index is 0.239. The van der Waals surface area contributed by atoms with E-state index in [0.717, 1.165) is 45.6 Å². The third-order valence-electron chi connectivity index (χ3n) is 3.21. The molecule has 0 saturated heterocycles. The molecule has 0 aliphatic rings. The van der Waals surface area contributed by atoms with Gasteiger partial charge >= 0.3 is 0 Å². The van der Waals surface area contributed by atoms with E-state index in [1.165, 1.54) is 0 Å². The average molecular weight is 245 g/mol. The lowest BCUT2D eigenvalue weighted by molar-refractivity contribution is 0.0693. The third kappa shape index (κ3) is 8.58. The minimum Gasteiger partial charge on any atom is -0.395 e. The number of aliphatic hydroxyl groups is 1. The fourth-order valence-electron chi connectivity index (χ4n) is 2.01. The monoisotopic (exact) mass is 245 g/mol. The second-order valence-corrected chi connectivity index (χ2v) is 5.02. The predicted molar refractivity (Wildman–Crippen MR) is 73.3 cm³/mol. The molecule has 0 spiro atoms. The summed E-state index contributed by atoms with van der Waals surface area (Å²) in [6, 6.07) is 0.579. The van der Waals surface area contributed by atoms with Crippen LogP contribution in [-0.4, -0.2) is 49.0 Å². The Kier molecular flexibility index (Phi) is 10.9. The van der Waals surface area contributed by atoms with Crippen molar-refractivity contribution in [1.29, 1.82) is 0 Å². The molecular weight excluding hydrogens is 214 g/mol. The van der Waals surface area contributed by atoms with Crippen LogP contribution < -0.4 is 0 Å². The molecule has 0 aromatic heterocycles. The van der Waals surface area contributed by atoms with Gasteiger partial charge in [-0.25, -0.2) is 0 Å². The highest BCUT2D eigenvalue weighted by Gasteiger charge is 2.13. The molecule has 0 amide bonds. The summed E-state index contributed by atoms with van der Waals surface area (Å²) < 4.78 is 5.64. The Morgan fingerprint density at radius 3 is 2.18 bits per heavy atom. The molecule has 0 rings (SSSR count). The fraction of sp³-hybridized carbons (Fsp3) is 1.00. The Morgan fingerprint density at radius 2 is 1.71 bits per heavy atom. The smallest absolute Gasteiger partial charge is 0.0593 e. The highest BCUT2D eigenvalue weighted by atomic mass is 16.5. The van der Waals surface area contributed by atoms with Crippen molar-refractivity contribution in [3.05, 3.63) is 0 Å². The van der Waals surface area contributed by atoms with Crippen molar-refractivity contribution in [3.63, 3.8) is 0 Å². The Hall–Kier alpha value is -0.120. The van der Waals surface area contributed by atoms with Gasteiger partial charge in [-0.3, -0.25) is 4.90 Å². The standard InChI is InChI=1S/C14H31NO2/c1-5-14(6-2)15(8-10-16)9-12-17-11-7-13(3)4/h13-14,16H,5-12H2,1-4H3. The molecule has 0 aliphatic heterocycles. The predicted octanol–water partition coefficient (Wildman–Crippen LogP) is 2.53. The van der Waals surface area contributed by atoms with Crippen LogP contribution in [0, 0.1) is 5.92 Å². The maximum absolute atomic E-state index is 9.07. The van der Waals surface area contributed by atoms with Crippen LogP contribution in [0.5, 0.6) is 0 Å². The van der Waals surface area contributed by atoms with Crippen LogP contribution in [0.4, 0.5) is 0 Å². The summed E-state index contributed by atoms with van der Waals surface area (Å²) in [4.78, 5) is 2.34. The summed E-state index contributed by atoms with van der Waals surface area (Å²) in [7, 11) is 0. The Bertz CT molecular complexity index is 158. The van der Waals surface area contributed by atoms with Gasteiger partial charge in [0.25, 0.3) is 0 Å². The SMILES string of the molecule is CCC(CC)N(CCO)CCOCCC(C)C. The minimum absolute atomic E-state index is 0.239. The van der Waals surface area contributed by atoms with Crippen LogP contribution in [0.15, 0.2) is 0 Å².